The highest BCUT2D eigenvalue weighted by atomic mass is 32.1. The van der Waals surface area contributed by atoms with E-state index in [2.05, 4.69) is 4.98 Å². The molecule has 1 amide bonds. The summed E-state index contributed by atoms with van der Waals surface area (Å²) < 4.78 is 35.9. The summed E-state index contributed by atoms with van der Waals surface area (Å²) in [4.78, 5) is 14.9. The lowest BCUT2D eigenvalue weighted by molar-refractivity contribution is -0.131. The molecule has 0 saturated heterocycles. The van der Waals surface area contributed by atoms with Gasteiger partial charge in [-0.15, -0.1) is 11.3 Å². The van der Waals surface area contributed by atoms with Crippen molar-refractivity contribution in [3.8, 4) is 0 Å². The molecule has 0 saturated carbocycles. The van der Waals surface area contributed by atoms with E-state index in [1.807, 2.05) is 5.32 Å². The molecular formula is C8H10F3N3OS. The summed E-state index contributed by atoms with van der Waals surface area (Å²) >= 11 is 1.24. The molecule has 1 aromatic rings. The number of hydrogen-bond donors (Lipinski definition) is 2. The number of nitrogens with two attached hydrogens (primary N) is 1. The number of aromatic nitrogens is 1. The lowest BCUT2D eigenvalue weighted by Gasteiger charge is -2.14. The monoisotopic (exact) mass is 253 g/mol. The molecule has 16 heavy (non-hydrogen) atoms. The third-order valence-electron chi connectivity index (χ3n) is 1.72. The first-order chi connectivity index (χ1) is 7.29. The number of thiazole rings is 1. The van der Waals surface area contributed by atoms with Gasteiger partial charge in [0.15, 0.2) is 0 Å². The van der Waals surface area contributed by atoms with Crippen LogP contribution in [0.5, 0.6) is 0 Å². The van der Waals surface area contributed by atoms with Crippen LogP contribution in [0.15, 0.2) is 5.38 Å². The number of amides is 1. The number of nitrogens with zero attached hydrogens (tertiary/aromatic N) is 1. The quantitative estimate of drug-likeness (QED) is 0.845. The standard InChI is InChI=1S/C8H10F3N3OS/c1-4-14-5(2-16-4)6(7(12)15)13-3-8(9,10)11/h2,6,13H,3H2,1H3,(H2,12,15). The normalized spacial score (nSPS) is 13.8. The fourth-order valence-electron chi connectivity index (χ4n) is 1.08. The Bertz CT molecular complexity index is 377. The third kappa shape index (κ3) is 3.78. The zero-order chi connectivity index (χ0) is 12.3. The van der Waals surface area contributed by atoms with Crippen molar-refractivity contribution < 1.29 is 18.0 Å². The summed E-state index contributed by atoms with van der Waals surface area (Å²) in [5.41, 5.74) is 5.22. The second kappa shape index (κ2) is 4.79. The highest BCUT2D eigenvalue weighted by molar-refractivity contribution is 7.09. The summed E-state index contributed by atoms with van der Waals surface area (Å²) in [6.07, 6.45) is -4.39. The molecule has 0 bridgehead atoms. The Labute approximate surface area is 93.7 Å². The predicted molar refractivity (Wildman–Crippen MR) is 52.8 cm³/mol. The molecule has 0 aliphatic carbocycles. The molecule has 3 N–H and O–H groups in total. The highest BCUT2D eigenvalue weighted by Crippen LogP contribution is 2.19. The number of rotatable bonds is 4. The van der Waals surface area contributed by atoms with Crippen LogP contribution in [0.3, 0.4) is 0 Å². The summed E-state index contributed by atoms with van der Waals surface area (Å²) in [7, 11) is 0. The molecule has 1 atom stereocenters. The van der Waals surface area contributed by atoms with Crippen molar-refractivity contribution in [1.82, 2.24) is 10.3 Å². The van der Waals surface area contributed by atoms with Crippen LogP contribution in [-0.4, -0.2) is 23.6 Å². The van der Waals surface area contributed by atoms with Crippen LogP contribution in [-0.2, 0) is 4.79 Å². The zero-order valence-electron chi connectivity index (χ0n) is 8.34. The first kappa shape index (κ1) is 12.9. The Morgan fingerprint density at radius 3 is 2.69 bits per heavy atom. The molecule has 0 radical (unpaired) electrons. The maximum Gasteiger partial charge on any atom is 0.401 e. The largest absolute Gasteiger partial charge is 0.401 e. The molecule has 0 aromatic carbocycles. The number of primary amides is 1. The van der Waals surface area contributed by atoms with Gasteiger partial charge >= 0.3 is 6.18 Å². The van der Waals surface area contributed by atoms with Crippen molar-refractivity contribution >= 4 is 17.2 Å². The van der Waals surface area contributed by atoms with E-state index in [0.29, 0.717) is 5.01 Å². The van der Waals surface area contributed by atoms with E-state index < -0.39 is 24.7 Å². The Kier molecular flexibility index (Phi) is 3.87. The van der Waals surface area contributed by atoms with Crippen molar-refractivity contribution in [2.24, 2.45) is 5.73 Å². The topological polar surface area (TPSA) is 68.0 Å². The molecule has 4 nitrogen and oxygen atoms in total. The van der Waals surface area contributed by atoms with E-state index in [9.17, 15) is 18.0 Å². The van der Waals surface area contributed by atoms with Gasteiger partial charge in [-0.1, -0.05) is 0 Å². The molecule has 1 aromatic heterocycles. The molecule has 0 fully saturated rings. The van der Waals surface area contributed by atoms with Gasteiger partial charge in [-0.3, -0.25) is 10.1 Å². The average molecular weight is 253 g/mol. The van der Waals surface area contributed by atoms with Gasteiger partial charge in [-0.2, -0.15) is 13.2 Å². The number of alkyl halides is 3. The molecule has 8 heteroatoms. The van der Waals surface area contributed by atoms with Gasteiger partial charge in [-0.25, -0.2) is 4.98 Å². The molecule has 1 heterocycles. The summed E-state index contributed by atoms with van der Waals surface area (Å²) in [5, 5.41) is 4.20. The van der Waals surface area contributed by atoms with Crippen molar-refractivity contribution in [3.63, 3.8) is 0 Å². The van der Waals surface area contributed by atoms with Gasteiger partial charge in [0.05, 0.1) is 17.2 Å². The summed E-state index contributed by atoms with van der Waals surface area (Å²) in [6.45, 7) is 0.410. The Morgan fingerprint density at radius 1 is 1.69 bits per heavy atom. The van der Waals surface area contributed by atoms with E-state index in [1.54, 1.807) is 6.92 Å². The predicted octanol–water partition coefficient (Wildman–Crippen LogP) is 1.13. The number of carbonyl (C=O) groups excluding carboxylic acids is 1. The van der Waals surface area contributed by atoms with E-state index in [1.165, 1.54) is 16.7 Å². The van der Waals surface area contributed by atoms with Gasteiger partial charge in [0.25, 0.3) is 0 Å². The van der Waals surface area contributed by atoms with Gasteiger partial charge in [-0.05, 0) is 6.92 Å². The number of halogens is 3. The summed E-state index contributed by atoms with van der Waals surface area (Å²) in [5.74, 6) is -0.880. The van der Waals surface area contributed by atoms with E-state index in [4.69, 9.17) is 5.73 Å². The second-order valence-corrected chi connectivity index (χ2v) is 4.19. The Balaban J connectivity index is 2.73. The van der Waals surface area contributed by atoms with Crippen LogP contribution in [0.2, 0.25) is 0 Å². The lowest BCUT2D eigenvalue weighted by atomic mass is 10.2. The van der Waals surface area contributed by atoms with Crippen molar-refractivity contribution in [2.45, 2.75) is 19.1 Å². The Hall–Kier alpha value is -1.15. The number of nitrogens with one attached hydrogen (secondary N) is 1. The molecule has 0 aliphatic rings. The fraction of sp³-hybridized carbons (Fsp3) is 0.500. The number of aryl methyl sites for hydroxylation is 1. The van der Waals surface area contributed by atoms with Gasteiger partial charge in [0.1, 0.15) is 6.04 Å². The average Bonchev–Trinajstić information content (AvgIpc) is 2.49. The van der Waals surface area contributed by atoms with E-state index in [-0.39, 0.29) is 5.69 Å². The maximum atomic E-state index is 12.0. The molecule has 1 rings (SSSR count). The number of hydrogen-bond acceptors (Lipinski definition) is 4. The van der Waals surface area contributed by atoms with Crippen LogP contribution in [0, 0.1) is 6.92 Å². The highest BCUT2D eigenvalue weighted by Gasteiger charge is 2.30. The molecule has 1 unspecified atom stereocenters. The Morgan fingerprint density at radius 2 is 2.31 bits per heavy atom. The van der Waals surface area contributed by atoms with Crippen LogP contribution in [0.4, 0.5) is 13.2 Å². The SMILES string of the molecule is Cc1nc(C(NCC(F)(F)F)C(N)=O)cs1. The van der Waals surface area contributed by atoms with Crippen molar-refractivity contribution in [1.29, 1.82) is 0 Å². The lowest BCUT2D eigenvalue weighted by Crippen LogP contribution is -2.39. The minimum absolute atomic E-state index is 0.222. The fourth-order valence-corrected chi connectivity index (χ4v) is 1.72. The van der Waals surface area contributed by atoms with E-state index in [0.717, 1.165) is 0 Å². The van der Waals surface area contributed by atoms with Gasteiger partial charge < -0.3 is 5.73 Å². The minimum Gasteiger partial charge on any atom is -0.368 e. The molecule has 0 spiro atoms. The molecular weight excluding hydrogens is 243 g/mol. The number of carbonyl (C=O) groups is 1. The van der Waals surface area contributed by atoms with Crippen LogP contribution in [0.1, 0.15) is 16.7 Å². The van der Waals surface area contributed by atoms with Crippen LogP contribution < -0.4 is 11.1 Å². The summed E-state index contributed by atoms with van der Waals surface area (Å²) in [6, 6.07) is -1.20. The van der Waals surface area contributed by atoms with E-state index >= 15 is 0 Å². The first-order valence-electron chi connectivity index (χ1n) is 4.31. The molecule has 90 valence electrons. The molecule has 0 aliphatic heterocycles. The smallest absolute Gasteiger partial charge is 0.368 e. The second-order valence-electron chi connectivity index (χ2n) is 3.12. The first-order valence-corrected chi connectivity index (χ1v) is 5.19. The van der Waals surface area contributed by atoms with Gasteiger partial charge in [0, 0.05) is 5.38 Å². The van der Waals surface area contributed by atoms with Crippen LogP contribution in [0.25, 0.3) is 0 Å². The zero-order valence-corrected chi connectivity index (χ0v) is 9.15. The van der Waals surface area contributed by atoms with Crippen LogP contribution >= 0.6 is 11.3 Å². The minimum atomic E-state index is -4.39. The van der Waals surface area contributed by atoms with Gasteiger partial charge in [0.2, 0.25) is 5.91 Å². The van der Waals surface area contributed by atoms with Crippen molar-refractivity contribution in [3.05, 3.63) is 16.1 Å². The van der Waals surface area contributed by atoms with Crippen molar-refractivity contribution in [2.75, 3.05) is 6.54 Å². The third-order valence-corrected chi connectivity index (χ3v) is 2.52. The maximum absolute atomic E-state index is 12.0.